The van der Waals surface area contributed by atoms with Crippen LogP contribution in [-0.2, 0) is 4.74 Å². The van der Waals surface area contributed by atoms with Crippen LogP contribution in [-0.4, -0.2) is 30.0 Å². The van der Waals surface area contributed by atoms with E-state index < -0.39 is 11.7 Å². The van der Waals surface area contributed by atoms with Crippen molar-refractivity contribution in [3.63, 3.8) is 0 Å². The Morgan fingerprint density at radius 1 is 1.41 bits per heavy atom. The van der Waals surface area contributed by atoms with Crippen molar-refractivity contribution in [2.75, 3.05) is 13.2 Å². The number of nitrogens with zero attached hydrogens (tertiary/aromatic N) is 1. The Morgan fingerprint density at radius 3 is 2.82 bits per heavy atom. The molecule has 7 heteroatoms. The van der Waals surface area contributed by atoms with Crippen molar-refractivity contribution in [2.24, 2.45) is 0 Å². The topological polar surface area (TPSA) is 73.6 Å². The zero-order chi connectivity index (χ0) is 16.3. The summed E-state index contributed by atoms with van der Waals surface area (Å²) in [5.41, 5.74) is 1.14. The highest BCUT2D eigenvalue weighted by molar-refractivity contribution is 9.10. The molecule has 0 saturated carbocycles. The van der Waals surface area contributed by atoms with E-state index in [4.69, 9.17) is 14.0 Å². The first-order chi connectivity index (χ1) is 10.3. The molecule has 1 N–H and O–H groups in total. The number of carbonyl (C=O) groups excluding carboxylic acids is 1. The molecule has 1 amide bonds. The summed E-state index contributed by atoms with van der Waals surface area (Å²) in [6, 6.07) is 3.72. The standard InChI is InChI=1S/C15H19BrN2O4/c1-9-10(16)5-6-11-12(9)13(18-22-11)20-8-7-17-14(19)21-15(2,3)4/h5-6H,7-8H2,1-4H3,(H,17,19). The van der Waals surface area contributed by atoms with Gasteiger partial charge in [0.15, 0.2) is 5.58 Å². The van der Waals surface area contributed by atoms with Crippen molar-refractivity contribution < 1.29 is 18.8 Å². The molecule has 0 aliphatic carbocycles. The molecule has 6 nitrogen and oxygen atoms in total. The molecule has 0 aliphatic heterocycles. The molecule has 0 bridgehead atoms. The van der Waals surface area contributed by atoms with Crippen molar-refractivity contribution >= 4 is 33.0 Å². The maximum Gasteiger partial charge on any atom is 0.407 e. The maximum atomic E-state index is 11.5. The van der Waals surface area contributed by atoms with Crippen LogP contribution in [0.2, 0.25) is 0 Å². The molecule has 0 spiro atoms. The number of rotatable bonds is 4. The van der Waals surface area contributed by atoms with Gasteiger partial charge in [-0.05, 0) is 50.5 Å². The number of carbonyl (C=O) groups is 1. The third kappa shape index (κ3) is 4.13. The molecule has 0 atom stereocenters. The van der Waals surface area contributed by atoms with Gasteiger partial charge in [0.05, 0.1) is 11.9 Å². The fraction of sp³-hybridized carbons (Fsp3) is 0.467. The lowest BCUT2D eigenvalue weighted by Crippen LogP contribution is -2.34. The summed E-state index contributed by atoms with van der Waals surface area (Å²) in [5, 5.41) is 7.36. The number of alkyl carbamates (subject to hydrolysis) is 1. The van der Waals surface area contributed by atoms with E-state index in [1.54, 1.807) is 0 Å². The molecule has 0 radical (unpaired) electrons. The minimum atomic E-state index is -0.517. The van der Waals surface area contributed by atoms with Crippen LogP contribution in [0.25, 0.3) is 11.0 Å². The number of ether oxygens (including phenoxy) is 2. The first-order valence-electron chi connectivity index (χ1n) is 6.92. The van der Waals surface area contributed by atoms with Gasteiger partial charge in [-0.3, -0.25) is 0 Å². The molecule has 0 saturated heterocycles. The highest BCUT2D eigenvalue weighted by Crippen LogP contribution is 2.32. The number of nitrogens with one attached hydrogen (secondary N) is 1. The minimum absolute atomic E-state index is 0.271. The average Bonchev–Trinajstić information content (AvgIpc) is 2.81. The zero-order valence-corrected chi connectivity index (χ0v) is 14.6. The summed E-state index contributed by atoms with van der Waals surface area (Å²) in [4.78, 5) is 11.5. The lowest BCUT2D eigenvalue weighted by atomic mass is 10.1. The quantitative estimate of drug-likeness (QED) is 0.828. The number of aryl methyl sites for hydroxylation is 1. The highest BCUT2D eigenvalue weighted by Gasteiger charge is 2.16. The number of hydrogen-bond acceptors (Lipinski definition) is 5. The Bertz CT molecular complexity index is 676. The number of aromatic nitrogens is 1. The van der Waals surface area contributed by atoms with Crippen molar-refractivity contribution in [3.8, 4) is 5.88 Å². The van der Waals surface area contributed by atoms with Gasteiger partial charge in [-0.15, -0.1) is 0 Å². The number of benzene rings is 1. The van der Waals surface area contributed by atoms with E-state index in [9.17, 15) is 4.79 Å². The summed E-state index contributed by atoms with van der Waals surface area (Å²) in [5.74, 6) is 0.416. The Balaban J connectivity index is 1.91. The van der Waals surface area contributed by atoms with E-state index in [0.29, 0.717) is 18.0 Å². The van der Waals surface area contributed by atoms with Crippen molar-refractivity contribution in [1.82, 2.24) is 10.5 Å². The number of fused-ring (bicyclic) bond motifs is 1. The van der Waals surface area contributed by atoms with Gasteiger partial charge < -0.3 is 19.3 Å². The van der Waals surface area contributed by atoms with E-state index >= 15 is 0 Å². The Hall–Kier alpha value is -1.76. The van der Waals surface area contributed by atoms with Crippen LogP contribution in [0.1, 0.15) is 26.3 Å². The lowest BCUT2D eigenvalue weighted by molar-refractivity contribution is 0.0520. The summed E-state index contributed by atoms with van der Waals surface area (Å²) < 4.78 is 16.9. The van der Waals surface area contributed by atoms with E-state index in [1.165, 1.54) is 0 Å². The largest absolute Gasteiger partial charge is 0.473 e. The highest BCUT2D eigenvalue weighted by atomic mass is 79.9. The molecular weight excluding hydrogens is 352 g/mol. The van der Waals surface area contributed by atoms with Crippen LogP contribution in [0.15, 0.2) is 21.1 Å². The Kier molecular flexibility index (Phi) is 4.95. The minimum Gasteiger partial charge on any atom is -0.473 e. The second kappa shape index (κ2) is 6.56. The van der Waals surface area contributed by atoms with Gasteiger partial charge in [-0.25, -0.2) is 4.79 Å². The van der Waals surface area contributed by atoms with Gasteiger partial charge in [-0.1, -0.05) is 15.9 Å². The number of amides is 1. The Labute approximate surface area is 137 Å². The maximum absolute atomic E-state index is 11.5. The molecule has 0 fully saturated rings. The SMILES string of the molecule is Cc1c(Br)ccc2onc(OCCNC(=O)OC(C)(C)C)c12. The van der Waals surface area contributed by atoms with Crippen molar-refractivity contribution in [2.45, 2.75) is 33.3 Å². The molecule has 2 aromatic rings. The molecular formula is C15H19BrN2O4. The van der Waals surface area contributed by atoms with Gasteiger partial charge in [-0.2, -0.15) is 0 Å². The average molecular weight is 371 g/mol. The predicted octanol–water partition coefficient (Wildman–Crippen LogP) is 3.80. The van der Waals surface area contributed by atoms with E-state index in [2.05, 4.69) is 26.4 Å². The lowest BCUT2D eigenvalue weighted by Gasteiger charge is -2.19. The fourth-order valence-electron chi connectivity index (χ4n) is 1.85. The van der Waals surface area contributed by atoms with Gasteiger partial charge in [0.1, 0.15) is 12.2 Å². The summed E-state index contributed by atoms with van der Waals surface area (Å²) in [6.45, 7) is 7.97. The predicted molar refractivity (Wildman–Crippen MR) is 86.2 cm³/mol. The number of halogens is 1. The zero-order valence-electron chi connectivity index (χ0n) is 13.0. The van der Waals surface area contributed by atoms with Gasteiger partial charge in [0, 0.05) is 4.47 Å². The van der Waals surface area contributed by atoms with Crippen LogP contribution in [0.3, 0.4) is 0 Å². The Morgan fingerprint density at radius 2 is 2.14 bits per heavy atom. The van der Waals surface area contributed by atoms with Crippen LogP contribution in [0, 0.1) is 6.92 Å². The normalized spacial score (nSPS) is 11.5. The van der Waals surface area contributed by atoms with Crippen LogP contribution >= 0.6 is 15.9 Å². The number of hydrogen-bond donors (Lipinski definition) is 1. The summed E-state index contributed by atoms with van der Waals surface area (Å²) in [6.07, 6.45) is -0.472. The molecule has 1 aromatic heterocycles. The molecule has 0 aliphatic rings. The molecule has 1 aromatic carbocycles. The molecule has 22 heavy (non-hydrogen) atoms. The second-order valence-corrected chi connectivity index (χ2v) is 6.66. The fourth-order valence-corrected chi connectivity index (χ4v) is 2.18. The second-order valence-electron chi connectivity index (χ2n) is 5.81. The third-order valence-corrected chi connectivity index (χ3v) is 3.67. The van der Waals surface area contributed by atoms with Crippen LogP contribution in [0.4, 0.5) is 4.79 Å². The first kappa shape index (κ1) is 16.6. The summed E-state index contributed by atoms with van der Waals surface area (Å²) >= 11 is 3.47. The van der Waals surface area contributed by atoms with Gasteiger partial charge in [0.25, 0.3) is 5.88 Å². The van der Waals surface area contributed by atoms with Crippen molar-refractivity contribution in [1.29, 1.82) is 0 Å². The molecule has 2 rings (SSSR count). The molecule has 1 heterocycles. The first-order valence-corrected chi connectivity index (χ1v) is 7.71. The van der Waals surface area contributed by atoms with Crippen LogP contribution < -0.4 is 10.1 Å². The molecule has 0 unspecified atom stereocenters. The molecule has 120 valence electrons. The third-order valence-electron chi connectivity index (χ3n) is 2.81. The van der Waals surface area contributed by atoms with Crippen molar-refractivity contribution in [3.05, 3.63) is 22.2 Å². The van der Waals surface area contributed by atoms with E-state index in [1.807, 2.05) is 39.8 Å². The van der Waals surface area contributed by atoms with Gasteiger partial charge >= 0.3 is 6.09 Å². The monoisotopic (exact) mass is 370 g/mol. The van der Waals surface area contributed by atoms with Crippen LogP contribution in [0.5, 0.6) is 5.88 Å². The van der Waals surface area contributed by atoms with Gasteiger partial charge in [0.2, 0.25) is 0 Å². The smallest absolute Gasteiger partial charge is 0.407 e. The van der Waals surface area contributed by atoms with E-state index in [0.717, 1.165) is 15.4 Å². The van der Waals surface area contributed by atoms with E-state index in [-0.39, 0.29) is 6.61 Å². The summed E-state index contributed by atoms with van der Waals surface area (Å²) in [7, 11) is 0.